The summed E-state index contributed by atoms with van der Waals surface area (Å²) in [5, 5.41) is 12.7. The number of pyridine rings is 1. The molecule has 0 spiro atoms. The molecule has 3 heterocycles. The maximum atomic E-state index is 6.18. The van der Waals surface area contributed by atoms with E-state index in [1.807, 2.05) is 36.4 Å². The van der Waals surface area contributed by atoms with Crippen molar-refractivity contribution in [2.24, 2.45) is 0 Å². The van der Waals surface area contributed by atoms with Crippen LogP contribution in [0.4, 0.5) is 5.69 Å². The second-order valence-electron chi connectivity index (χ2n) is 5.56. The van der Waals surface area contributed by atoms with Crippen molar-refractivity contribution < 1.29 is 4.74 Å². The predicted octanol–water partition coefficient (Wildman–Crippen LogP) is 3.94. The Hall–Kier alpha value is -2.67. The molecule has 3 aromatic rings. The van der Waals surface area contributed by atoms with Gasteiger partial charge in [-0.05, 0) is 24.6 Å². The summed E-state index contributed by atoms with van der Waals surface area (Å²) in [5.74, 6) is 1.44. The van der Waals surface area contributed by atoms with Crippen LogP contribution in [0.5, 0.6) is 5.88 Å². The van der Waals surface area contributed by atoms with Crippen molar-refractivity contribution in [3.63, 3.8) is 0 Å². The Balaban J connectivity index is 1.79. The van der Waals surface area contributed by atoms with Crippen molar-refractivity contribution in [2.45, 2.75) is 24.7 Å². The molecule has 1 unspecified atom stereocenters. The number of nitrogens with zero attached hydrogens (tertiary/aromatic N) is 4. The van der Waals surface area contributed by atoms with E-state index in [0.29, 0.717) is 16.7 Å². The minimum atomic E-state index is -0.369. The molecule has 0 fully saturated rings. The molecule has 0 radical (unpaired) electrons. The molecule has 1 aromatic carbocycles. The maximum Gasteiger partial charge on any atom is 0.247 e. The Morgan fingerprint density at radius 2 is 1.96 bits per heavy atom. The van der Waals surface area contributed by atoms with Crippen LogP contribution in [0.2, 0.25) is 0 Å². The van der Waals surface area contributed by atoms with Gasteiger partial charge in [0.2, 0.25) is 11.0 Å². The Morgan fingerprint density at radius 3 is 2.80 bits per heavy atom. The fourth-order valence-electron chi connectivity index (χ4n) is 2.59. The first-order chi connectivity index (χ1) is 12.3. The van der Waals surface area contributed by atoms with Gasteiger partial charge in [0, 0.05) is 35.0 Å². The number of hydrogen-bond acceptors (Lipinski definition) is 7. The molecule has 2 aromatic heterocycles. The molecule has 1 aliphatic heterocycles. The van der Waals surface area contributed by atoms with Gasteiger partial charge in [0.15, 0.2) is 11.9 Å². The summed E-state index contributed by atoms with van der Waals surface area (Å²) in [4.78, 5) is 8.67. The molecule has 1 atom stereocenters. The number of anilines is 1. The van der Waals surface area contributed by atoms with Gasteiger partial charge in [0.1, 0.15) is 0 Å². The van der Waals surface area contributed by atoms with Gasteiger partial charge in [0.25, 0.3) is 0 Å². The fraction of sp³-hybridized carbons (Fsp3) is 0.222. The Morgan fingerprint density at radius 1 is 1.12 bits per heavy atom. The lowest BCUT2D eigenvalue weighted by Crippen LogP contribution is -2.17. The van der Waals surface area contributed by atoms with Crippen molar-refractivity contribution in [1.29, 1.82) is 0 Å². The van der Waals surface area contributed by atoms with Crippen molar-refractivity contribution in [3.05, 3.63) is 54.4 Å². The molecule has 6 nitrogen and oxygen atoms in total. The zero-order chi connectivity index (χ0) is 17.1. The number of aromatic nitrogens is 4. The van der Waals surface area contributed by atoms with Crippen LogP contribution in [0.15, 0.2) is 53.9 Å². The summed E-state index contributed by atoms with van der Waals surface area (Å²) < 4.78 is 6.18. The van der Waals surface area contributed by atoms with Crippen LogP contribution < -0.4 is 10.1 Å². The van der Waals surface area contributed by atoms with Crippen LogP contribution in [0, 0.1) is 0 Å². The number of fused-ring (bicyclic) bond motifs is 3. The zero-order valence-corrected chi connectivity index (χ0v) is 14.5. The zero-order valence-electron chi connectivity index (χ0n) is 13.7. The lowest BCUT2D eigenvalue weighted by Gasteiger charge is -2.19. The third-order valence-corrected chi connectivity index (χ3v) is 4.82. The van der Waals surface area contributed by atoms with Gasteiger partial charge < -0.3 is 10.1 Å². The monoisotopic (exact) mass is 351 g/mol. The lowest BCUT2D eigenvalue weighted by atomic mass is 10.1. The second-order valence-corrected chi connectivity index (χ2v) is 6.63. The Kier molecular flexibility index (Phi) is 4.47. The lowest BCUT2D eigenvalue weighted by molar-refractivity contribution is 0.225. The average Bonchev–Trinajstić information content (AvgIpc) is 2.83. The minimum absolute atomic E-state index is 0.369. The maximum absolute atomic E-state index is 6.18. The van der Waals surface area contributed by atoms with Crippen molar-refractivity contribution >= 4 is 17.4 Å². The third-order valence-electron chi connectivity index (χ3n) is 3.78. The normalized spacial score (nSPS) is 15.3. The fourth-order valence-corrected chi connectivity index (χ4v) is 3.22. The molecule has 0 bridgehead atoms. The van der Waals surface area contributed by atoms with E-state index in [1.165, 1.54) is 0 Å². The van der Waals surface area contributed by atoms with Gasteiger partial charge in [-0.2, -0.15) is 4.98 Å². The molecule has 7 heteroatoms. The quantitative estimate of drug-likeness (QED) is 0.714. The van der Waals surface area contributed by atoms with Gasteiger partial charge in [-0.1, -0.05) is 36.9 Å². The van der Waals surface area contributed by atoms with Crippen LogP contribution in [0.3, 0.4) is 0 Å². The van der Waals surface area contributed by atoms with Gasteiger partial charge in [-0.25, -0.2) is 0 Å². The first kappa shape index (κ1) is 15.8. The molecule has 0 saturated carbocycles. The Labute approximate surface area is 150 Å². The highest BCUT2D eigenvalue weighted by atomic mass is 32.2. The number of nitrogens with one attached hydrogen (secondary N) is 1. The van der Waals surface area contributed by atoms with E-state index in [2.05, 4.69) is 32.4 Å². The predicted molar refractivity (Wildman–Crippen MR) is 97.5 cm³/mol. The molecule has 1 N–H and O–H groups in total. The first-order valence-electron chi connectivity index (χ1n) is 8.15. The number of para-hydroxylation sites is 1. The van der Waals surface area contributed by atoms with E-state index >= 15 is 0 Å². The first-order valence-corrected chi connectivity index (χ1v) is 9.13. The molecule has 1 aliphatic rings. The van der Waals surface area contributed by atoms with E-state index in [9.17, 15) is 0 Å². The van der Waals surface area contributed by atoms with Gasteiger partial charge in [-0.15, -0.1) is 10.2 Å². The SMILES string of the molecule is CCCSc1nnc2c(n1)OC(c1ccncc1)Nc1ccccc1-2. The molecule has 25 heavy (non-hydrogen) atoms. The van der Waals surface area contributed by atoms with Crippen LogP contribution in [-0.2, 0) is 0 Å². The van der Waals surface area contributed by atoms with E-state index in [-0.39, 0.29) is 6.23 Å². The van der Waals surface area contributed by atoms with Crippen LogP contribution in [-0.4, -0.2) is 25.9 Å². The number of hydrogen-bond donors (Lipinski definition) is 1. The smallest absolute Gasteiger partial charge is 0.247 e. The molecular formula is C18H17N5OS. The number of thioether (sulfide) groups is 1. The summed E-state index contributed by atoms with van der Waals surface area (Å²) in [6, 6.07) is 11.8. The van der Waals surface area contributed by atoms with Gasteiger partial charge in [-0.3, -0.25) is 4.98 Å². The van der Waals surface area contributed by atoms with E-state index in [1.54, 1.807) is 24.2 Å². The van der Waals surface area contributed by atoms with Crippen molar-refractivity contribution in [2.75, 3.05) is 11.1 Å². The topological polar surface area (TPSA) is 72.8 Å². The highest BCUT2D eigenvalue weighted by Gasteiger charge is 2.25. The molecule has 0 aliphatic carbocycles. The summed E-state index contributed by atoms with van der Waals surface area (Å²) >= 11 is 1.58. The number of benzene rings is 1. The number of rotatable bonds is 4. The van der Waals surface area contributed by atoms with Gasteiger partial charge in [0.05, 0.1) is 0 Å². The molecular weight excluding hydrogens is 334 g/mol. The summed E-state index contributed by atoms with van der Waals surface area (Å²) in [5.41, 5.74) is 3.49. The standard InChI is InChI=1S/C18H17N5OS/c1-2-11-25-18-21-17-15(22-23-18)13-5-3-4-6-14(13)20-16(24-17)12-7-9-19-10-8-12/h3-10,16,20H,2,11H2,1H3. The van der Waals surface area contributed by atoms with E-state index in [0.717, 1.165) is 29.0 Å². The molecule has 0 amide bonds. The van der Waals surface area contributed by atoms with E-state index < -0.39 is 0 Å². The summed E-state index contributed by atoms with van der Waals surface area (Å²) in [6.45, 7) is 2.13. The molecule has 4 rings (SSSR count). The Bertz CT molecular complexity index is 874. The largest absolute Gasteiger partial charge is 0.448 e. The number of ether oxygens (including phenoxy) is 1. The van der Waals surface area contributed by atoms with Crippen LogP contribution in [0.25, 0.3) is 11.3 Å². The molecule has 126 valence electrons. The van der Waals surface area contributed by atoms with Crippen molar-refractivity contribution in [3.8, 4) is 17.1 Å². The highest BCUT2D eigenvalue weighted by Crippen LogP contribution is 2.39. The van der Waals surface area contributed by atoms with Gasteiger partial charge >= 0.3 is 0 Å². The highest BCUT2D eigenvalue weighted by molar-refractivity contribution is 7.99. The van der Waals surface area contributed by atoms with Crippen LogP contribution >= 0.6 is 11.8 Å². The average molecular weight is 351 g/mol. The second kappa shape index (κ2) is 7.06. The third kappa shape index (κ3) is 3.28. The van der Waals surface area contributed by atoms with E-state index in [4.69, 9.17) is 4.74 Å². The summed E-state index contributed by atoms with van der Waals surface area (Å²) in [6.07, 6.45) is 4.18. The molecule has 0 saturated heterocycles. The van der Waals surface area contributed by atoms with Crippen molar-refractivity contribution in [1.82, 2.24) is 20.2 Å². The summed E-state index contributed by atoms with van der Waals surface area (Å²) in [7, 11) is 0. The minimum Gasteiger partial charge on any atom is -0.448 e. The van der Waals surface area contributed by atoms with Crippen LogP contribution in [0.1, 0.15) is 25.1 Å².